The Kier molecular flexibility index (Phi) is 9.11. The van der Waals surface area contributed by atoms with Crippen molar-refractivity contribution in [3.63, 3.8) is 0 Å². The second-order valence-electron chi connectivity index (χ2n) is 17.6. The highest BCUT2D eigenvalue weighted by Crippen LogP contribution is 2.58. The number of furan rings is 1. The number of rotatable bonds is 8. The van der Waals surface area contributed by atoms with E-state index in [0.717, 1.165) is 55.5 Å². The van der Waals surface area contributed by atoms with Gasteiger partial charge in [0.1, 0.15) is 11.2 Å². The van der Waals surface area contributed by atoms with Crippen LogP contribution < -0.4 is 4.90 Å². The first kappa shape index (κ1) is 38.7. The lowest BCUT2D eigenvalue weighted by Crippen LogP contribution is -2.28. The Morgan fingerprint density at radius 1 is 0.343 bits per heavy atom. The molecule has 1 aromatic heterocycles. The van der Waals surface area contributed by atoms with E-state index >= 15 is 0 Å². The molecule has 2 heteroatoms. The summed E-state index contributed by atoms with van der Waals surface area (Å²) in [5.74, 6) is 0. The van der Waals surface area contributed by atoms with E-state index in [1.54, 1.807) is 0 Å². The zero-order valence-electron chi connectivity index (χ0n) is 36.7. The number of anilines is 3. The van der Waals surface area contributed by atoms with Crippen LogP contribution in [0.15, 0.2) is 265 Å². The molecule has 12 aromatic rings. The minimum absolute atomic E-state index is 0.550. The van der Waals surface area contributed by atoms with Crippen molar-refractivity contribution in [2.75, 3.05) is 4.90 Å². The van der Waals surface area contributed by atoms with Crippen molar-refractivity contribution >= 4 is 49.8 Å². The van der Waals surface area contributed by atoms with Crippen molar-refractivity contribution in [3.05, 3.63) is 283 Å². The van der Waals surface area contributed by atoms with Crippen molar-refractivity contribution in [2.45, 2.75) is 5.41 Å². The number of hydrogen-bond acceptors (Lipinski definition) is 2. The highest BCUT2D eigenvalue weighted by molar-refractivity contribution is 6.22. The fourth-order valence-corrected chi connectivity index (χ4v) is 11.0. The average molecular weight is 854 g/mol. The van der Waals surface area contributed by atoms with Crippen LogP contribution in [0.5, 0.6) is 0 Å². The molecule has 2 nitrogen and oxygen atoms in total. The Labute approximate surface area is 390 Å². The zero-order chi connectivity index (χ0) is 44.3. The van der Waals surface area contributed by atoms with Gasteiger partial charge in [-0.2, -0.15) is 0 Å². The average Bonchev–Trinajstić information content (AvgIpc) is 3.93. The normalized spacial score (nSPS) is 12.6. The standard InChI is InChI=1S/C65H43NO/c1-5-18-44(19-6-1)46-32-34-48(35-33-46)62-54-27-14-13-22-49(54)42-57-63-60(30-17-31-61(63)67-64(57)62)66(52-38-36-47(37-39-52)45-20-7-2-8-21-45)53-40-41-56-55-28-15-16-29-58(55)65(59(56)43-53,50-23-9-3-10-24-50)51-25-11-4-12-26-51/h1-43H. The highest BCUT2D eigenvalue weighted by atomic mass is 16.3. The van der Waals surface area contributed by atoms with Gasteiger partial charge in [0.2, 0.25) is 0 Å². The number of nitrogens with zero attached hydrogens (tertiary/aromatic N) is 1. The van der Waals surface area contributed by atoms with Gasteiger partial charge in [0.05, 0.1) is 16.5 Å². The van der Waals surface area contributed by atoms with Crippen LogP contribution in [0.4, 0.5) is 17.1 Å². The van der Waals surface area contributed by atoms with Gasteiger partial charge >= 0.3 is 0 Å². The summed E-state index contributed by atoms with van der Waals surface area (Å²) in [5.41, 5.74) is 18.8. The van der Waals surface area contributed by atoms with E-state index < -0.39 is 5.41 Å². The van der Waals surface area contributed by atoms with Crippen LogP contribution >= 0.6 is 0 Å². The molecule has 314 valence electrons. The van der Waals surface area contributed by atoms with Crippen LogP contribution in [-0.2, 0) is 5.41 Å². The summed E-state index contributed by atoms with van der Waals surface area (Å²) in [4.78, 5) is 2.44. The smallest absolute Gasteiger partial charge is 0.143 e. The van der Waals surface area contributed by atoms with Crippen LogP contribution in [0.25, 0.3) is 77.2 Å². The fraction of sp³-hybridized carbons (Fsp3) is 0.0154. The Balaban J connectivity index is 1.07. The summed E-state index contributed by atoms with van der Waals surface area (Å²) in [6, 6.07) is 94.9. The fourth-order valence-electron chi connectivity index (χ4n) is 11.0. The number of hydrogen-bond donors (Lipinski definition) is 0. The van der Waals surface area contributed by atoms with Gasteiger partial charge in [-0.05, 0) is 114 Å². The second kappa shape index (κ2) is 15.8. The Morgan fingerprint density at radius 3 is 1.54 bits per heavy atom. The molecule has 0 spiro atoms. The molecule has 0 saturated heterocycles. The monoisotopic (exact) mass is 853 g/mol. The third kappa shape index (κ3) is 6.18. The summed E-state index contributed by atoms with van der Waals surface area (Å²) in [7, 11) is 0. The third-order valence-electron chi connectivity index (χ3n) is 13.9. The maximum absolute atomic E-state index is 7.14. The summed E-state index contributed by atoms with van der Waals surface area (Å²) in [6.07, 6.45) is 0. The lowest BCUT2D eigenvalue weighted by molar-refractivity contribution is 0.670. The Hall–Kier alpha value is -8.72. The predicted octanol–water partition coefficient (Wildman–Crippen LogP) is 17.6. The van der Waals surface area contributed by atoms with E-state index in [-0.39, 0.29) is 0 Å². The largest absolute Gasteiger partial charge is 0.455 e. The molecular formula is C65H43NO. The van der Waals surface area contributed by atoms with Gasteiger partial charge in [-0.1, -0.05) is 218 Å². The van der Waals surface area contributed by atoms with Crippen LogP contribution in [0.1, 0.15) is 22.3 Å². The lowest BCUT2D eigenvalue weighted by atomic mass is 9.67. The molecule has 1 aliphatic rings. The molecule has 0 aliphatic heterocycles. The van der Waals surface area contributed by atoms with E-state index in [9.17, 15) is 0 Å². The summed E-state index contributed by atoms with van der Waals surface area (Å²) in [6.45, 7) is 0. The van der Waals surface area contributed by atoms with Gasteiger partial charge in [-0.25, -0.2) is 0 Å². The van der Waals surface area contributed by atoms with Crippen LogP contribution in [0.3, 0.4) is 0 Å². The third-order valence-corrected chi connectivity index (χ3v) is 13.9. The first-order chi connectivity index (χ1) is 33.2. The van der Waals surface area contributed by atoms with E-state index in [1.807, 2.05) is 0 Å². The molecule has 0 radical (unpaired) electrons. The van der Waals surface area contributed by atoms with Crippen molar-refractivity contribution in [3.8, 4) is 44.5 Å². The molecule has 0 N–H and O–H groups in total. The van der Waals surface area contributed by atoms with Crippen LogP contribution in [0, 0.1) is 0 Å². The van der Waals surface area contributed by atoms with Crippen LogP contribution in [0.2, 0.25) is 0 Å². The van der Waals surface area contributed by atoms with E-state index in [4.69, 9.17) is 4.42 Å². The molecule has 11 aromatic carbocycles. The molecule has 0 saturated carbocycles. The maximum atomic E-state index is 7.14. The molecule has 67 heavy (non-hydrogen) atoms. The van der Waals surface area contributed by atoms with Crippen molar-refractivity contribution in [1.82, 2.24) is 0 Å². The molecule has 0 unspecified atom stereocenters. The lowest BCUT2D eigenvalue weighted by Gasteiger charge is -2.35. The van der Waals surface area contributed by atoms with E-state index in [2.05, 4.69) is 266 Å². The van der Waals surface area contributed by atoms with Crippen molar-refractivity contribution in [1.29, 1.82) is 0 Å². The Morgan fingerprint density at radius 2 is 0.866 bits per heavy atom. The van der Waals surface area contributed by atoms with Gasteiger partial charge in [-0.3, -0.25) is 0 Å². The highest BCUT2D eigenvalue weighted by Gasteiger charge is 2.46. The molecule has 0 fully saturated rings. The van der Waals surface area contributed by atoms with Crippen molar-refractivity contribution < 1.29 is 4.42 Å². The number of fused-ring (bicyclic) bond motifs is 7. The van der Waals surface area contributed by atoms with Gasteiger partial charge in [-0.15, -0.1) is 0 Å². The minimum atomic E-state index is -0.550. The molecule has 0 amide bonds. The first-order valence-electron chi connectivity index (χ1n) is 23.1. The zero-order valence-corrected chi connectivity index (χ0v) is 36.7. The SMILES string of the molecule is c1ccc(-c2ccc(-c3c4ccccc4cc4c3oc3cccc(N(c5ccc(-c6ccccc6)cc5)c5ccc6c(c5)C(c5ccccc5)(c5ccccc5)c5ccccc5-6)c34)cc2)cc1. The summed E-state index contributed by atoms with van der Waals surface area (Å²) < 4.78 is 7.14. The molecule has 0 bridgehead atoms. The van der Waals surface area contributed by atoms with Gasteiger partial charge in [0.25, 0.3) is 0 Å². The minimum Gasteiger partial charge on any atom is -0.455 e. The van der Waals surface area contributed by atoms with Crippen molar-refractivity contribution in [2.24, 2.45) is 0 Å². The number of benzene rings is 11. The topological polar surface area (TPSA) is 16.4 Å². The van der Waals surface area contributed by atoms with Crippen LogP contribution in [-0.4, -0.2) is 0 Å². The second-order valence-corrected chi connectivity index (χ2v) is 17.6. The van der Waals surface area contributed by atoms with Gasteiger partial charge in [0.15, 0.2) is 0 Å². The van der Waals surface area contributed by atoms with Gasteiger partial charge in [0, 0.05) is 22.3 Å². The molecular weight excluding hydrogens is 811 g/mol. The molecule has 1 heterocycles. The molecule has 13 rings (SSSR count). The Bertz CT molecular complexity index is 3720. The molecule has 1 aliphatic carbocycles. The molecule has 0 atom stereocenters. The van der Waals surface area contributed by atoms with Gasteiger partial charge < -0.3 is 9.32 Å². The quantitative estimate of drug-likeness (QED) is 0.151. The summed E-state index contributed by atoms with van der Waals surface area (Å²) in [5, 5.41) is 4.47. The maximum Gasteiger partial charge on any atom is 0.143 e. The van der Waals surface area contributed by atoms with E-state index in [0.29, 0.717) is 0 Å². The summed E-state index contributed by atoms with van der Waals surface area (Å²) >= 11 is 0. The van der Waals surface area contributed by atoms with E-state index in [1.165, 1.54) is 61.0 Å². The first-order valence-corrected chi connectivity index (χ1v) is 23.1. The predicted molar refractivity (Wildman–Crippen MR) is 280 cm³/mol.